The van der Waals surface area contributed by atoms with Gasteiger partial charge in [-0.1, -0.05) is 18.2 Å². The van der Waals surface area contributed by atoms with Gasteiger partial charge in [-0.25, -0.2) is 4.68 Å². The number of carbonyl (C=O) groups is 2. The van der Waals surface area contributed by atoms with Crippen molar-refractivity contribution in [3.63, 3.8) is 0 Å². The third kappa shape index (κ3) is 4.09. The number of amides is 2. The Balaban J connectivity index is 1.55. The molecule has 1 N–H and O–H groups in total. The zero-order chi connectivity index (χ0) is 22.0. The summed E-state index contributed by atoms with van der Waals surface area (Å²) in [5.41, 5.74) is 3.11. The molecule has 6 nitrogen and oxygen atoms in total. The van der Waals surface area contributed by atoms with Gasteiger partial charge in [-0.3, -0.25) is 9.59 Å². The molecule has 0 spiro atoms. The van der Waals surface area contributed by atoms with Crippen molar-refractivity contribution in [1.29, 1.82) is 0 Å². The Bertz CT molecular complexity index is 1220. The minimum absolute atomic E-state index is 0.00618. The van der Waals surface area contributed by atoms with Gasteiger partial charge in [0, 0.05) is 29.7 Å². The fourth-order valence-electron chi connectivity index (χ4n) is 3.49. The summed E-state index contributed by atoms with van der Waals surface area (Å²) in [4.78, 5) is 28.6. The van der Waals surface area contributed by atoms with Crippen molar-refractivity contribution < 1.29 is 9.59 Å². The maximum Gasteiger partial charge on any atom is 0.265 e. The van der Waals surface area contributed by atoms with Crippen LogP contribution in [-0.4, -0.2) is 39.6 Å². The maximum absolute atomic E-state index is 12.9. The lowest BCUT2D eigenvalue weighted by molar-refractivity contribution is 0.0773. The fourth-order valence-corrected chi connectivity index (χ4v) is 4.56. The summed E-state index contributed by atoms with van der Waals surface area (Å²) < 4.78 is 1.87. The molecule has 0 saturated carbocycles. The lowest BCUT2D eigenvalue weighted by Crippen LogP contribution is -2.30. The maximum atomic E-state index is 12.9. The van der Waals surface area contributed by atoms with Crippen molar-refractivity contribution >= 4 is 39.1 Å². The molecule has 2 aromatic heterocycles. The molecule has 0 unspecified atom stereocenters. The first-order chi connectivity index (χ1) is 15.0. The summed E-state index contributed by atoms with van der Waals surface area (Å²) in [5.74, 6) is -0.184. The molecule has 7 heteroatoms. The number of hydrogen-bond donors (Lipinski definition) is 1. The van der Waals surface area contributed by atoms with Crippen LogP contribution < -0.4 is 5.32 Å². The molecule has 0 bridgehead atoms. The molecule has 31 heavy (non-hydrogen) atoms. The Morgan fingerprint density at radius 3 is 2.35 bits per heavy atom. The number of anilines is 1. The quantitative estimate of drug-likeness (QED) is 0.459. The molecule has 0 atom stereocenters. The summed E-state index contributed by atoms with van der Waals surface area (Å²) in [7, 11) is 0. The second-order valence-corrected chi connectivity index (χ2v) is 8.20. The molecule has 0 radical (unpaired) electrons. The van der Waals surface area contributed by atoms with Crippen molar-refractivity contribution in [3.8, 4) is 5.69 Å². The van der Waals surface area contributed by atoms with Crippen LogP contribution in [0.1, 0.15) is 39.6 Å². The number of nitrogens with one attached hydrogen (secondary N) is 1. The minimum atomic E-state index is -0.178. The van der Waals surface area contributed by atoms with Crippen molar-refractivity contribution in [3.05, 3.63) is 76.8 Å². The first-order valence-electron chi connectivity index (χ1n) is 10.3. The summed E-state index contributed by atoms with van der Waals surface area (Å²) in [6.45, 7) is 7.19. The highest BCUT2D eigenvalue weighted by Crippen LogP contribution is 2.30. The summed E-state index contributed by atoms with van der Waals surface area (Å²) in [6.07, 6.45) is 0. The number of para-hydroxylation sites is 1. The van der Waals surface area contributed by atoms with E-state index in [0.29, 0.717) is 29.2 Å². The van der Waals surface area contributed by atoms with Crippen LogP contribution in [0.15, 0.2) is 60.7 Å². The number of aromatic nitrogens is 2. The Hall–Kier alpha value is -3.45. The predicted molar refractivity (Wildman–Crippen MR) is 125 cm³/mol. The van der Waals surface area contributed by atoms with Gasteiger partial charge in [0.2, 0.25) is 0 Å². The summed E-state index contributed by atoms with van der Waals surface area (Å²) in [5, 5.41) is 8.52. The fraction of sp³-hybridized carbons (Fsp3) is 0.208. The largest absolute Gasteiger partial charge is 0.339 e. The molecular formula is C24H24N4O2S. The summed E-state index contributed by atoms with van der Waals surface area (Å²) >= 11 is 1.41. The van der Waals surface area contributed by atoms with Gasteiger partial charge in [-0.15, -0.1) is 11.3 Å². The molecule has 4 rings (SSSR count). The Morgan fingerprint density at radius 2 is 1.71 bits per heavy atom. The van der Waals surface area contributed by atoms with Crippen molar-refractivity contribution in [2.24, 2.45) is 0 Å². The topological polar surface area (TPSA) is 67.2 Å². The zero-order valence-corrected chi connectivity index (χ0v) is 18.6. The number of hydrogen-bond acceptors (Lipinski definition) is 4. The van der Waals surface area contributed by atoms with Gasteiger partial charge in [0.15, 0.2) is 0 Å². The lowest BCUT2D eigenvalue weighted by Gasteiger charge is -2.18. The highest BCUT2D eigenvalue weighted by atomic mass is 32.1. The summed E-state index contributed by atoms with van der Waals surface area (Å²) in [6, 6.07) is 18.8. The van der Waals surface area contributed by atoms with Crippen LogP contribution in [0.4, 0.5) is 5.69 Å². The van der Waals surface area contributed by atoms with Crippen LogP contribution >= 0.6 is 11.3 Å². The third-order valence-corrected chi connectivity index (χ3v) is 6.32. The Labute approximate surface area is 185 Å². The van der Waals surface area contributed by atoms with Crippen molar-refractivity contribution in [1.82, 2.24) is 14.7 Å². The second-order valence-electron chi connectivity index (χ2n) is 7.17. The van der Waals surface area contributed by atoms with Crippen LogP contribution in [0.5, 0.6) is 0 Å². The lowest BCUT2D eigenvalue weighted by atomic mass is 10.1. The van der Waals surface area contributed by atoms with E-state index >= 15 is 0 Å². The Kier molecular flexibility index (Phi) is 5.86. The molecule has 0 aliphatic carbocycles. The van der Waals surface area contributed by atoms with Crippen molar-refractivity contribution in [2.75, 3.05) is 18.4 Å². The Morgan fingerprint density at radius 1 is 1.03 bits per heavy atom. The zero-order valence-electron chi connectivity index (χ0n) is 17.8. The first-order valence-corrected chi connectivity index (χ1v) is 11.1. The molecule has 0 aliphatic heterocycles. The second kappa shape index (κ2) is 8.73. The predicted octanol–water partition coefficient (Wildman–Crippen LogP) is 5.13. The molecule has 2 aromatic carbocycles. The van der Waals surface area contributed by atoms with E-state index in [0.717, 1.165) is 21.6 Å². The molecule has 2 heterocycles. The molecule has 158 valence electrons. The normalized spacial score (nSPS) is 10.9. The van der Waals surface area contributed by atoms with E-state index in [1.54, 1.807) is 29.2 Å². The van der Waals surface area contributed by atoms with E-state index in [1.807, 2.05) is 61.9 Å². The van der Waals surface area contributed by atoms with Crippen LogP contribution in [0.2, 0.25) is 0 Å². The standard InChI is InChI=1S/C24H24N4O2S/c1-4-27(5-2)23(30)17-11-13-18(14-12-17)25-22(29)21-15-20-16(3)26-28(24(20)31-21)19-9-7-6-8-10-19/h6-15H,4-5H2,1-3H3,(H,25,29). The van der Waals surface area contributed by atoms with Crippen LogP contribution in [0.25, 0.3) is 15.9 Å². The number of fused-ring (bicyclic) bond motifs is 1. The van der Waals surface area contributed by atoms with Crippen LogP contribution in [0.3, 0.4) is 0 Å². The van der Waals surface area contributed by atoms with Gasteiger partial charge in [-0.2, -0.15) is 5.10 Å². The highest BCUT2D eigenvalue weighted by molar-refractivity contribution is 7.20. The third-order valence-electron chi connectivity index (χ3n) is 5.21. The van der Waals surface area contributed by atoms with Gasteiger partial charge >= 0.3 is 0 Å². The van der Waals surface area contributed by atoms with E-state index in [2.05, 4.69) is 10.4 Å². The van der Waals surface area contributed by atoms with Crippen LogP contribution in [-0.2, 0) is 0 Å². The molecular weight excluding hydrogens is 408 g/mol. The van der Waals surface area contributed by atoms with E-state index in [9.17, 15) is 9.59 Å². The van der Waals surface area contributed by atoms with Crippen LogP contribution in [0, 0.1) is 6.92 Å². The number of rotatable bonds is 6. The van der Waals surface area contributed by atoms with E-state index in [-0.39, 0.29) is 11.8 Å². The first kappa shape index (κ1) is 20.8. The smallest absolute Gasteiger partial charge is 0.265 e. The molecule has 4 aromatic rings. The number of benzene rings is 2. The van der Waals surface area contributed by atoms with E-state index in [4.69, 9.17) is 0 Å². The van der Waals surface area contributed by atoms with Gasteiger partial charge in [-0.05, 0) is 63.2 Å². The SMILES string of the molecule is CCN(CC)C(=O)c1ccc(NC(=O)c2cc3c(C)nn(-c4ccccc4)c3s2)cc1. The number of aryl methyl sites for hydroxylation is 1. The minimum Gasteiger partial charge on any atom is -0.339 e. The average molecular weight is 433 g/mol. The van der Waals surface area contributed by atoms with Gasteiger partial charge in [0.05, 0.1) is 16.3 Å². The highest BCUT2D eigenvalue weighted by Gasteiger charge is 2.18. The van der Waals surface area contributed by atoms with E-state index < -0.39 is 0 Å². The molecule has 0 saturated heterocycles. The number of carbonyl (C=O) groups excluding carboxylic acids is 2. The van der Waals surface area contributed by atoms with Gasteiger partial charge in [0.1, 0.15) is 4.83 Å². The molecule has 0 fully saturated rings. The van der Waals surface area contributed by atoms with Crippen molar-refractivity contribution in [2.45, 2.75) is 20.8 Å². The average Bonchev–Trinajstić information content (AvgIpc) is 3.36. The molecule has 0 aliphatic rings. The number of thiophene rings is 1. The monoisotopic (exact) mass is 432 g/mol. The number of nitrogens with zero attached hydrogens (tertiary/aromatic N) is 3. The van der Waals surface area contributed by atoms with E-state index in [1.165, 1.54) is 11.3 Å². The van der Waals surface area contributed by atoms with Gasteiger partial charge < -0.3 is 10.2 Å². The molecule has 2 amide bonds. The van der Waals surface area contributed by atoms with Gasteiger partial charge in [0.25, 0.3) is 11.8 Å².